The normalized spacial score (nSPS) is 11.1. The number of Topliss-reactive ketones (excluding diaryl/α,β-unsaturated/α-hetero) is 1. The van der Waals surface area contributed by atoms with Gasteiger partial charge in [-0.3, -0.25) is 19.6 Å². The number of rotatable bonds is 8. The van der Waals surface area contributed by atoms with E-state index in [0.29, 0.717) is 21.9 Å². The summed E-state index contributed by atoms with van der Waals surface area (Å²) in [6, 6.07) is 11.7. The Hall–Kier alpha value is -3.11. The summed E-state index contributed by atoms with van der Waals surface area (Å²) in [4.78, 5) is 23.7. The van der Waals surface area contributed by atoms with Crippen molar-refractivity contribution in [1.29, 1.82) is 0 Å². The first-order valence-electron chi connectivity index (χ1n) is 9.16. The monoisotopic (exact) mass is 444 g/mol. The maximum absolute atomic E-state index is 12.5. The lowest BCUT2D eigenvalue weighted by Crippen LogP contribution is -2.14. The van der Waals surface area contributed by atoms with E-state index in [9.17, 15) is 18.0 Å². The molecule has 0 radical (unpaired) electrons. The molecule has 0 aliphatic carbocycles. The summed E-state index contributed by atoms with van der Waals surface area (Å²) in [5.41, 5.74) is 1.10. The Morgan fingerprint density at radius 2 is 1.60 bits per heavy atom. The van der Waals surface area contributed by atoms with E-state index in [1.807, 2.05) is 6.92 Å². The van der Waals surface area contributed by atoms with E-state index in [0.717, 1.165) is 17.8 Å². The van der Waals surface area contributed by atoms with E-state index in [2.05, 4.69) is 20.2 Å². The van der Waals surface area contributed by atoms with Crippen molar-refractivity contribution < 1.29 is 18.0 Å². The molecule has 0 spiro atoms. The third-order valence-electron chi connectivity index (χ3n) is 4.12. The van der Waals surface area contributed by atoms with E-state index < -0.39 is 10.0 Å². The lowest BCUT2D eigenvalue weighted by molar-refractivity contribution is 0.101. The molecule has 0 fully saturated rings. The molecule has 10 heteroatoms. The van der Waals surface area contributed by atoms with Gasteiger partial charge in [-0.15, -0.1) is 10.2 Å². The molecule has 0 atom stereocenters. The molecule has 0 bridgehead atoms. The number of aryl methyl sites for hydroxylation is 1. The minimum absolute atomic E-state index is 0.0356. The average molecular weight is 445 g/mol. The molecule has 0 saturated carbocycles. The number of nitrogens with zero attached hydrogens (tertiary/aromatic N) is 2. The molecular formula is C20H20N4O4S2. The Morgan fingerprint density at radius 1 is 0.967 bits per heavy atom. The third-order valence-corrected chi connectivity index (χ3v) is 6.42. The van der Waals surface area contributed by atoms with Gasteiger partial charge in [0.15, 0.2) is 5.78 Å². The highest BCUT2D eigenvalue weighted by Crippen LogP contribution is 2.20. The molecule has 156 valence electrons. The summed E-state index contributed by atoms with van der Waals surface area (Å²) in [6.45, 7) is 3.45. The van der Waals surface area contributed by atoms with Gasteiger partial charge in [-0.05, 0) is 49.7 Å². The second kappa shape index (κ2) is 9.14. The zero-order valence-corrected chi connectivity index (χ0v) is 18.0. The summed E-state index contributed by atoms with van der Waals surface area (Å²) >= 11 is 1.32. The van der Waals surface area contributed by atoms with Crippen LogP contribution in [0.2, 0.25) is 0 Å². The molecule has 0 unspecified atom stereocenters. The molecule has 0 saturated heterocycles. The summed E-state index contributed by atoms with van der Waals surface area (Å²) in [5.74, 6) is -0.501. The van der Waals surface area contributed by atoms with E-state index in [1.165, 1.54) is 66.8 Å². The van der Waals surface area contributed by atoms with Gasteiger partial charge >= 0.3 is 0 Å². The van der Waals surface area contributed by atoms with Crippen molar-refractivity contribution in [3.63, 3.8) is 0 Å². The summed E-state index contributed by atoms with van der Waals surface area (Å²) < 4.78 is 27.5. The SMILES string of the molecule is CCCc1nnc(NC(=O)c2ccc(NS(=O)(=O)c3ccc(C(C)=O)cc3)cc2)s1. The van der Waals surface area contributed by atoms with Crippen LogP contribution in [0.1, 0.15) is 46.0 Å². The molecule has 30 heavy (non-hydrogen) atoms. The van der Waals surface area contributed by atoms with Crippen LogP contribution < -0.4 is 10.0 Å². The first kappa shape index (κ1) is 21.6. The van der Waals surface area contributed by atoms with E-state index in [4.69, 9.17) is 0 Å². The number of hydrogen-bond acceptors (Lipinski definition) is 7. The maximum Gasteiger partial charge on any atom is 0.261 e. The molecule has 0 aliphatic rings. The fraction of sp³-hybridized carbons (Fsp3) is 0.200. The molecule has 1 aromatic heterocycles. The Morgan fingerprint density at radius 3 is 2.20 bits per heavy atom. The number of ketones is 1. The molecule has 1 heterocycles. The number of aromatic nitrogens is 2. The number of amides is 1. The van der Waals surface area contributed by atoms with Crippen LogP contribution in [0.4, 0.5) is 10.8 Å². The van der Waals surface area contributed by atoms with Gasteiger partial charge < -0.3 is 0 Å². The van der Waals surface area contributed by atoms with Crippen LogP contribution in [0.25, 0.3) is 0 Å². The molecule has 3 rings (SSSR count). The highest BCUT2D eigenvalue weighted by Gasteiger charge is 2.15. The van der Waals surface area contributed by atoms with Crippen molar-refractivity contribution >= 4 is 43.9 Å². The van der Waals surface area contributed by atoms with Gasteiger partial charge in [0.25, 0.3) is 15.9 Å². The lowest BCUT2D eigenvalue weighted by atomic mass is 10.2. The Bertz CT molecular complexity index is 1150. The van der Waals surface area contributed by atoms with E-state index in [1.54, 1.807) is 0 Å². The van der Waals surface area contributed by atoms with Crippen LogP contribution in [0.3, 0.4) is 0 Å². The molecule has 8 nitrogen and oxygen atoms in total. The predicted molar refractivity (Wildman–Crippen MR) is 116 cm³/mol. The highest BCUT2D eigenvalue weighted by atomic mass is 32.2. The number of anilines is 2. The van der Waals surface area contributed by atoms with Crippen LogP contribution >= 0.6 is 11.3 Å². The topological polar surface area (TPSA) is 118 Å². The molecule has 2 aromatic carbocycles. The van der Waals surface area contributed by atoms with Crippen molar-refractivity contribution in [2.45, 2.75) is 31.6 Å². The van der Waals surface area contributed by atoms with Crippen molar-refractivity contribution in [3.05, 3.63) is 64.7 Å². The zero-order valence-electron chi connectivity index (χ0n) is 16.4. The van der Waals surface area contributed by atoms with Crippen LogP contribution in [0.15, 0.2) is 53.4 Å². The second-order valence-electron chi connectivity index (χ2n) is 6.47. The Labute approximate surface area is 178 Å². The average Bonchev–Trinajstić information content (AvgIpc) is 3.15. The van der Waals surface area contributed by atoms with Gasteiger partial charge in [-0.1, -0.05) is 30.4 Å². The van der Waals surface area contributed by atoms with Gasteiger partial charge in [0.05, 0.1) is 4.90 Å². The van der Waals surface area contributed by atoms with Gasteiger partial charge in [-0.25, -0.2) is 8.42 Å². The van der Waals surface area contributed by atoms with Gasteiger partial charge in [-0.2, -0.15) is 0 Å². The largest absolute Gasteiger partial charge is 0.296 e. The van der Waals surface area contributed by atoms with E-state index >= 15 is 0 Å². The smallest absolute Gasteiger partial charge is 0.261 e. The quantitative estimate of drug-likeness (QED) is 0.511. The first-order chi connectivity index (χ1) is 14.3. The predicted octanol–water partition coefficient (Wildman–Crippen LogP) is 3.75. The van der Waals surface area contributed by atoms with Gasteiger partial charge in [0.2, 0.25) is 5.13 Å². The number of nitrogens with one attached hydrogen (secondary N) is 2. The number of carbonyl (C=O) groups excluding carboxylic acids is 2. The fourth-order valence-electron chi connectivity index (χ4n) is 2.56. The molecular weight excluding hydrogens is 424 g/mol. The van der Waals surface area contributed by atoms with E-state index in [-0.39, 0.29) is 16.6 Å². The van der Waals surface area contributed by atoms with Crippen LogP contribution in [-0.4, -0.2) is 30.3 Å². The minimum Gasteiger partial charge on any atom is -0.296 e. The zero-order chi connectivity index (χ0) is 21.7. The van der Waals surface area contributed by atoms with Gasteiger partial charge in [0, 0.05) is 23.2 Å². The number of hydrogen-bond donors (Lipinski definition) is 2. The van der Waals surface area contributed by atoms with Crippen molar-refractivity contribution in [2.24, 2.45) is 0 Å². The summed E-state index contributed by atoms with van der Waals surface area (Å²) in [6.07, 6.45) is 1.75. The standard InChI is InChI=1S/C20H20N4O4S2/c1-3-4-18-22-23-20(29-18)21-19(26)15-5-9-16(10-6-15)24-30(27,28)17-11-7-14(8-12-17)13(2)25/h5-12,24H,3-4H2,1-2H3,(H,21,23,26). The molecule has 0 aliphatic heterocycles. The molecule has 2 N–H and O–H groups in total. The molecule has 1 amide bonds. The third kappa shape index (κ3) is 5.28. The van der Waals surface area contributed by atoms with Crippen molar-refractivity contribution in [2.75, 3.05) is 10.0 Å². The number of carbonyl (C=O) groups is 2. The van der Waals surface area contributed by atoms with Gasteiger partial charge in [0.1, 0.15) is 5.01 Å². The summed E-state index contributed by atoms with van der Waals surface area (Å²) in [5, 5.41) is 11.9. The molecule has 3 aromatic rings. The van der Waals surface area contributed by atoms with Crippen molar-refractivity contribution in [1.82, 2.24) is 10.2 Å². The van der Waals surface area contributed by atoms with Crippen LogP contribution in [0.5, 0.6) is 0 Å². The Balaban J connectivity index is 1.67. The lowest BCUT2D eigenvalue weighted by Gasteiger charge is -2.09. The maximum atomic E-state index is 12.5. The van der Waals surface area contributed by atoms with Crippen molar-refractivity contribution in [3.8, 4) is 0 Å². The number of sulfonamides is 1. The number of benzene rings is 2. The highest BCUT2D eigenvalue weighted by molar-refractivity contribution is 7.92. The van der Waals surface area contributed by atoms with Crippen LogP contribution in [-0.2, 0) is 16.4 Å². The first-order valence-corrected chi connectivity index (χ1v) is 11.5. The minimum atomic E-state index is -3.82. The second-order valence-corrected chi connectivity index (χ2v) is 9.21. The Kier molecular flexibility index (Phi) is 6.58. The summed E-state index contributed by atoms with van der Waals surface area (Å²) in [7, 11) is -3.82. The van der Waals surface area contributed by atoms with Crippen LogP contribution in [0, 0.1) is 0 Å². The fourth-order valence-corrected chi connectivity index (χ4v) is 4.46.